The van der Waals surface area contributed by atoms with Crippen LogP contribution in [0.15, 0.2) is 36.0 Å². The summed E-state index contributed by atoms with van der Waals surface area (Å²) in [5.74, 6) is 0. The first-order valence-electron chi connectivity index (χ1n) is 6.87. The van der Waals surface area contributed by atoms with E-state index in [-0.39, 0.29) is 0 Å². The van der Waals surface area contributed by atoms with Gasteiger partial charge in [0.25, 0.3) is 0 Å². The van der Waals surface area contributed by atoms with Crippen molar-refractivity contribution in [3.05, 3.63) is 41.7 Å². The molecule has 0 saturated heterocycles. The van der Waals surface area contributed by atoms with Gasteiger partial charge in [0.2, 0.25) is 0 Å². The Morgan fingerprint density at radius 2 is 2.25 bits per heavy atom. The van der Waals surface area contributed by atoms with E-state index >= 15 is 0 Å². The highest BCUT2D eigenvalue weighted by Crippen LogP contribution is 2.22. The number of hydrogen-bond acceptors (Lipinski definition) is 4. The third-order valence-corrected chi connectivity index (χ3v) is 4.30. The Balaban J connectivity index is 1.67. The van der Waals surface area contributed by atoms with E-state index in [1.807, 2.05) is 16.3 Å². The molecule has 4 nitrogen and oxygen atoms in total. The van der Waals surface area contributed by atoms with Gasteiger partial charge in [-0.2, -0.15) is 5.10 Å². The van der Waals surface area contributed by atoms with Crippen LogP contribution < -0.4 is 5.32 Å². The number of thiazole rings is 1. The maximum Gasteiger partial charge on any atom is 0.0815 e. The Hall–Kier alpha value is -1.88. The van der Waals surface area contributed by atoms with Gasteiger partial charge in [-0.05, 0) is 37.6 Å². The molecule has 3 rings (SSSR count). The van der Waals surface area contributed by atoms with Gasteiger partial charge in [-0.15, -0.1) is 11.3 Å². The van der Waals surface area contributed by atoms with Gasteiger partial charge in [-0.1, -0.05) is 6.92 Å². The summed E-state index contributed by atoms with van der Waals surface area (Å²) in [7, 11) is 0. The van der Waals surface area contributed by atoms with Crippen molar-refractivity contribution in [2.45, 2.75) is 32.9 Å². The minimum Gasteiger partial charge on any atom is -0.379 e. The molecule has 0 aliphatic carbocycles. The van der Waals surface area contributed by atoms with Crippen molar-refractivity contribution in [2.75, 3.05) is 5.32 Å². The quantitative estimate of drug-likeness (QED) is 0.768. The molecule has 0 bridgehead atoms. The van der Waals surface area contributed by atoms with Crippen molar-refractivity contribution in [2.24, 2.45) is 0 Å². The van der Waals surface area contributed by atoms with Gasteiger partial charge in [0, 0.05) is 17.9 Å². The lowest BCUT2D eigenvalue weighted by Crippen LogP contribution is -2.06. The standard InChI is InChI=1S/C15H18N4S/c1-3-11(2)19-7-6-13(18-19)9-16-12-4-5-14-15(8-12)20-10-17-14/h4-8,10-11,16H,3,9H2,1-2H3. The number of aromatic nitrogens is 3. The van der Waals surface area contributed by atoms with E-state index in [0.717, 1.165) is 29.9 Å². The predicted molar refractivity (Wildman–Crippen MR) is 84.2 cm³/mol. The van der Waals surface area contributed by atoms with Crippen LogP contribution >= 0.6 is 11.3 Å². The molecule has 20 heavy (non-hydrogen) atoms. The molecule has 0 saturated carbocycles. The minimum atomic E-state index is 0.456. The number of anilines is 1. The highest BCUT2D eigenvalue weighted by Gasteiger charge is 2.05. The second kappa shape index (κ2) is 5.63. The van der Waals surface area contributed by atoms with E-state index in [1.54, 1.807) is 11.3 Å². The lowest BCUT2D eigenvalue weighted by Gasteiger charge is -2.08. The maximum absolute atomic E-state index is 4.59. The average molecular weight is 286 g/mol. The fourth-order valence-corrected chi connectivity index (χ4v) is 2.78. The van der Waals surface area contributed by atoms with E-state index in [9.17, 15) is 0 Å². The lowest BCUT2D eigenvalue weighted by atomic mass is 10.3. The van der Waals surface area contributed by atoms with Gasteiger partial charge in [-0.25, -0.2) is 4.98 Å². The second-order valence-electron chi connectivity index (χ2n) is 4.93. The fourth-order valence-electron chi connectivity index (χ4n) is 2.06. The van der Waals surface area contributed by atoms with E-state index in [1.165, 1.54) is 4.70 Å². The molecule has 3 aromatic rings. The van der Waals surface area contributed by atoms with Gasteiger partial charge < -0.3 is 5.32 Å². The van der Waals surface area contributed by atoms with Gasteiger partial charge in [0.05, 0.1) is 28.0 Å². The Morgan fingerprint density at radius 3 is 3.10 bits per heavy atom. The summed E-state index contributed by atoms with van der Waals surface area (Å²) in [6.45, 7) is 5.10. The van der Waals surface area contributed by atoms with Gasteiger partial charge in [0.15, 0.2) is 0 Å². The zero-order valence-corrected chi connectivity index (χ0v) is 12.5. The second-order valence-corrected chi connectivity index (χ2v) is 5.82. The maximum atomic E-state index is 4.59. The fraction of sp³-hybridized carbons (Fsp3) is 0.333. The van der Waals surface area contributed by atoms with Crippen LogP contribution in [0.4, 0.5) is 5.69 Å². The summed E-state index contributed by atoms with van der Waals surface area (Å²) >= 11 is 1.66. The highest BCUT2D eigenvalue weighted by atomic mass is 32.1. The number of fused-ring (bicyclic) bond motifs is 1. The number of nitrogens with one attached hydrogen (secondary N) is 1. The molecule has 0 aliphatic heterocycles. The van der Waals surface area contributed by atoms with Crippen LogP contribution in [0.5, 0.6) is 0 Å². The van der Waals surface area contributed by atoms with E-state index in [0.29, 0.717) is 6.04 Å². The molecule has 0 fully saturated rings. The molecule has 1 unspecified atom stereocenters. The molecule has 1 aromatic carbocycles. The van der Waals surface area contributed by atoms with Crippen molar-refractivity contribution in [3.63, 3.8) is 0 Å². The first-order chi connectivity index (χ1) is 9.76. The van der Waals surface area contributed by atoms with Crippen LogP contribution in [0.25, 0.3) is 10.2 Å². The number of rotatable bonds is 5. The third kappa shape index (κ3) is 2.67. The van der Waals surface area contributed by atoms with Crippen molar-refractivity contribution < 1.29 is 0 Å². The Kier molecular flexibility index (Phi) is 3.69. The molecule has 0 radical (unpaired) electrons. The Morgan fingerprint density at radius 1 is 1.35 bits per heavy atom. The summed E-state index contributed by atoms with van der Waals surface area (Å²) < 4.78 is 3.24. The predicted octanol–water partition coefficient (Wildman–Crippen LogP) is 4.08. The number of nitrogens with zero attached hydrogens (tertiary/aromatic N) is 3. The molecule has 0 spiro atoms. The van der Waals surface area contributed by atoms with Gasteiger partial charge in [-0.3, -0.25) is 4.68 Å². The van der Waals surface area contributed by atoms with Crippen molar-refractivity contribution in [1.82, 2.24) is 14.8 Å². The van der Waals surface area contributed by atoms with Crippen LogP contribution in [0, 0.1) is 0 Å². The summed E-state index contributed by atoms with van der Waals surface area (Å²) in [5.41, 5.74) is 5.11. The SMILES string of the molecule is CCC(C)n1ccc(CNc2ccc3ncsc3c2)n1. The van der Waals surface area contributed by atoms with Crippen molar-refractivity contribution in [3.8, 4) is 0 Å². The minimum absolute atomic E-state index is 0.456. The number of hydrogen-bond donors (Lipinski definition) is 1. The lowest BCUT2D eigenvalue weighted by molar-refractivity contribution is 0.474. The summed E-state index contributed by atoms with van der Waals surface area (Å²) in [6, 6.07) is 8.78. The molecule has 0 amide bonds. The van der Waals surface area contributed by atoms with Crippen molar-refractivity contribution >= 4 is 27.2 Å². The zero-order chi connectivity index (χ0) is 13.9. The average Bonchev–Trinajstić information content (AvgIpc) is 3.12. The first kappa shape index (κ1) is 13.1. The summed E-state index contributed by atoms with van der Waals surface area (Å²) in [6.07, 6.45) is 3.15. The van der Waals surface area contributed by atoms with Crippen LogP contribution in [0.2, 0.25) is 0 Å². The Labute approximate surface area is 122 Å². The molecular formula is C15H18N4S. The molecule has 1 N–H and O–H groups in total. The molecular weight excluding hydrogens is 268 g/mol. The van der Waals surface area contributed by atoms with Crippen LogP contribution in [0.3, 0.4) is 0 Å². The summed E-state index contributed by atoms with van der Waals surface area (Å²) in [5, 5.41) is 8.01. The zero-order valence-electron chi connectivity index (χ0n) is 11.7. The molecule has 2 aromatic heterocycles. The topological polar surface area (TPSA) is 42.7 Å². The number of benzene rings is 1. The molecule has 1 atom stereocenters. The van der Waals surface area contributed by atoms with Crippen LogP contribution in [0.1, 0.15) is 32.0 Å². The third-order valence-electron chi connectivity index (χ3n) is 3.51. The van der Waals surface area contributed by atoms with Crippen molar-refractivity contribution in [1.29, 1.82) is 0 Å². The normalized spacial score (nSPS) is 12.7. The largest absolute Gasteiger partial charge is 0.379 e. The van der Waals surface area contributed by atoms with E-state index < -0.39 is 0 Å². The van der Waals surface area contributed by atoms with Gasteiger partial charge >= 0.3 is 0 Å². The molecule has 104 valence electrons. The molecule has 0 aliphatic rings. The first-order valence-corrected chi connectivity index (χ1v) is 7.75. The van der Waals surface area contributed by atoms with E-state index in [2.05, 4.69) is 53.6 Å². The smallest absolute Gasteiger partial charge is 0.0815 e. The van der Waals surface area contributed by atoms with Crippen LogP contribution in [-0.2, 0) is 6.54 Å². The van der Waals surface area contributed by atoms with Gasteiger partial charge in [0.1, 0.15) is 0 Å². The molecule has 2 heterocycles. The van der Waals surface area contributed by atoms with Crippen LogP contribution in [-0.4, -0.2) is 14.8 Å². The highest BCUT2D eigenvalue weighted by molar-refractivity contribution is 7.16. The monoisotopic (exact) mass is 286 g/mol. The molecule has 5 heteroatoms. The van der Waals surface area contributed by atoms with E-state index in [4.69, 9.17) is 0 Å². The Bertz CT molecular complexity index is 701. The summed E-state index contributed by atoms with van der Waals surface area (Å²) in [4.78, 5) is 4.29.